The predicted octanol–water partition coefficient (Wildman–Crippen LogP) is 2.14. The molecule has 0 saturated carbocycles. The molecule has 2 heterocycles. The number of benzene rings is 1. The van der Waals surface area contributed by atoms with Crippen LogP contribution in [0.5, 0.6) is 5.75 Å². The van der Waals surface area contributed by atoms with Gasteiger partial charge in [-0.05, 0) is 26.0 Å². The van der Waals surface area contributed by atoms with Gasteiger partial charge in [0.05, 0.1) is 35.5 Å². The van der Waals surface area contributed by atoms with E-state index in [1.165, 1.54) is 0 Å². The number of carbonyl (C=O) groups excluding carboxylic acids is 1. The maximum Gasteiger partial charge on any atom is 0.414 e. The summed E-state index contributed by atoms with van der Waals surface area (Å²) in [7, 11) is 0. The number of nitrogens with one attached hydrogen (secondary N) is 2. The largest absolute Gasteiger partial charge is 0.489 e. The fraction of sp³-hybridized carbons (Fsp3) is 0.467. The Balaban J connectivity index is 1.71. The molecule has 1 aromatic carbocycles. The molecule has 0 aliphatic carbocycles. The minimum Gasteiger partial charge on any atom is -0.489 e. The van der Waals surface area contributed by atoms with E-state index in [1.807, 2.05) is 18.2 Å². The smallest absolute Gasteiger partial charge is 0.414 e. The van der Waals surface area contributed by atoms with Crippen molar-refractivity contribution in [1.29, 1.82) is 0 Å². The first-order valence-corrected chi connectivity index (χ1v) is 7.69. The Kier molecular flexibility index (Phi) is 4.06. The predicted molar refractivity (Wildman–Crippen MR) is 88.9 cm³/mol. The summed E-state index contributed by atoms with van der Waals surface area (Å²) in [5.74, 6) is 0.764. The Morgan fingerprint density at radius 2 is 2.36 bits per heavy atom. The van der Waals surface area contributed by atoms with Gasteiger partial charge in [0.25, 0.3) is 0 Å². The summed E-state index contributed by atoms with van der Waals surface area (Å²) < 4.78 is 11.1. The molecule has 0 aromatic heterocycles. The number of carbonyl (C=O) groups is 1. The molecule has 6 nitrogen and oxygen atoms in total. The van der Waals surface area contributed by atoms with Gasteiger partial charge in [0.2, 0.25) is 0 Å². The van der Waals surface area contributed by atoms with Gasteiger partial charge < -0.3 is 20.1 Å². The van der Waals surface area contributed by atoms with Crippen LogP contribution >= 0.6 is 12.2 Å². The van der Waals surface area contributed by atoms with E-state index in [1.54, 1.807) is 11.8 Å². The van der Waals surface area contributed by atoms with E-state index >= 15 is 0 Å². The van der Waals surface area contributed by atoms with Gasteiger partial charge in [-0.3, -0.25) is 4.90 Å². The highest BCUT2D eigenvalue weighted by molar-refractivity contribution is 7.80. The normalized spacial score (nSPS) is 23.2. The average molecular weight is 321 g/mol. The average Bonchev–Trinajstić information content (AvgIpc) is 2.85. The summed E-state index contributed by atoms with van der Waals surface area (Å²) in [6.07, 6.45) is -0.550. The topological polar surface area (TPSA) is 62.8 Å². The van der Waals surface area contributed by atoms with Crippen LogP contribution in [0, 0.1) is 0 Å². The monoisotopic (exact) mass is 321 g/mol. The van der Waals surface area contributed by atoms with Crippen LogP contribution < -0.4 is 20.3 Å². The van der Waals surface area contributed by atoms with Crippen molar-refractivity contribution in [1.82, 2.24) is 5.32 Å². The number of anilines is 2. The molecule has 22 heavy (non-hydrogen) atoms. The summed E-state index contributed by atoms with van der Waals surface area (Å²) in [6, 6.07) is 5.98. The molecule has 2 aliphatic rings. The van der Waals surface area contributed by atoms with Crippen molar-refractivity contribution < 1.29 is 14.3 Å². The Morgan fingerprint density at radius 3 is 3.14 bits per heavy atom. The van der Waals surface area contributed by atoms with Gasteiger partial charge in [0.1, 0.15) is 18.5 Å². The zero-order valence-corrected chi connectivity index (χ0v) is 13.4. The first kappa shape index (κ1) is 14.9. The van der Waals surface area contributed by atoms with Crippen molar-refractivity contribution in [2.45, 2.75) is 26.0 Å². The van der Waals surface area contributed by atoms with Crippen molar-refractivity contribution in [2.24, 2.45) is 0 Å². The van der Waals surface area contributed by atoms with Crippen molar-refractivity contribution in [3.63, 3.8) is 0 Å². The summed E-state index contributed by atoms with van der Waals surface area (Å²) in [6.45, 7) is 5.50. The van der Waals surface area contributed by atoms with E-state index in [9.17, 15) is 4.79 Å². The first-order valence-electron chi connectivity index (χ1n) is 7.29. The molecule has 2 atom stereocenters. The maximum absolute atomic E-state index is 12.0. The zero-order chi connectivity index (χ0) is 15.7. The second kappa shape index (κ2) is 6.00. The molecule has 2 aliphatic heterocycles. The van der Waals surface area contributed by atoms with Crippen LogP contribution in [-0.2, 0) is 4.74 Å². The number of ether oxygens (including phenoxy) is 2. The molecule has 1 fully saturated rings. The highest BCUT2D eigenvalue weighted by Crippen LogP contribution is 2.34. The molecule has 7 heteroatoms. The van der Waals surface area contributed by atoms with Crippen molar-refractivity contribution >= 4 is 34.7 Å². The quantitative estimate of drug-likeness (QED) is 0.832. The number of rotatable bonds is 3. The number of cyclic esters (lactones) is 1. The number of thiocarbonyl (C=S) groups is 1. The van der Waals surface area contributed by atoms with E-state index in [-0.39, 0.29) is 18.2 Å². The van der Waals surface area contributed by atoms with E-state index in [0.29, 0.717) is 24.7 Å². The van der Waals surface area contributed by atoms with Gasteiger partial charge in [0, 0.05) is 6.07 Å². The number of hydrogen-bond acceptors (Lipinski definition) is 5. The maximum atomic E-state index is 12.0. The van der Waals surface area contributed by atoms with Gasteiger partial charge in [-0.15, -0.1) is 0 Å². The van der Waals surface area contributed by atoms with Gasteiger partial charge in [-0.1, -0.05) is 12.2 Å². The van der Waals surface area contributed by atoms with Crippen LogP contribution in [0.15, 0.2) is 18.2 Å². The lowest BCUT2D eigenvalue weighted by atomic mass is 10.2. The van der Waals surface area contributed by atoms with E-state index in [2.05, 4.69) is 17.6 Å². The van der Waals surface area contributed by atoms with Gasteiger partial charge in [0.15, 0.2) is 0 Å². The Bertz CT molecular complexity index is 608. The van der Waals surface area contributed by atoms with Crippen LogP contribution in [0.4, 0.5) is 16.2 Å². The molecule has 0 unspecified atom stereocenters. The van der Waals surface area contributed by atoms with Crippen LogP contribution in [0.2, 0.25) is 0 Å². The van der Waals surface area contributed by atoms with Crippen LogP contribution in [0.25, 0.3) is 0 Å². The van der Waals surface area contributed by atoms with Crippen LogP contribution in [-0.4, -0.2) is 42.9 Å². The fourth-order valence-corrected chi connectivity index (χ4v) is 2.62. The minimum atomic E-state index is -0.342. The fourth-order valence-electron chi connectivity index (χ4n) is 2.54. The number of nitrogens with zero attached hydrogens (tertiary/aromatic N) is 1. The highest BCUT2D eigenvalue weighted by Gasteiger charge is 2.32. The highest BCUT2D eigenvalue weighted by atomic mass is 32.1. The third-order valence-corrected chi connectivity index (χ3v) is 3.76. The first-order chi connectivity index (χ1) is 10.5. The van der Waals surface area contributed by atoms with Crippen molar-refractivity contribution in [3.05, 3.63) is 18.2 Å². The molecular weight excluding hydrogens is 302 g/mol. The Labute approximate surface area is 134 Å². The summed E-state index contributed by atoms with van der Waals surface area (Å²) in [5, 5.41) is 6.37. The second-order valence-electron chi connectivity index (χ2n) is 5.59. The number of hydrogen-bond donors (Lipinski definition) is 2. The summed E-state index contributed by atoms with van der Waals surface area (Å²) in [5.41, 5.74) is 1.73. The van der Waals surface area contributed by atoms with Gasteiger partial charge in [-0.25, -0.2) is 4.79 Å². The summed E-state index contributed by atoms with van der Waals surface area (Å²) in [4.78, 5) is 14.3. The lowest BCUT2D eigenvalue weighted by Crippen LogP contribution is -2.32. The number of amides is 1. The van der Waals surface area contributed by atoms with Gasteiger partial charge in [-0.2, -0.15) is 0 Å². The van der Waals surface area contributed by atoms with Crippen molar-refractivity contribution in [2.75, 3.05) is 29.9 Å². The van der Waals surface area contributed by atoms with E-state index < -0.39 is 0 Å². The lowest BCUT2D eigenvalue weighted by Gasteiger charge is -2.26. The SMILES string of the molecule is CC(=S)NC[C@H]1CN(c2ccc3c(c2)OC[C@@H](C)N3)C(=O)O1. The molecule has 1 aromatic rings. The number of fused-ring (bicyclic) bond motifs is 1. The molecule has 1 amide bonds. The van der Waals surface area contributed by atoms with Crippen LogP contribution in [0.1, 0.15) is 13.8 Å². The second-order valence-corrected chi connectivity index (χ2v) is 6.20. The standard InChI is InChI=1S/C15H19N3O3S/c1-9-8-20-14-5-11(3-4-13(14)17-9)18-7-12(21-15(18)19)6-16-10(2)22/h3-5,9,12,17H,6-8H2,1-2H3,(H,16,22)/t9-,12+/m1/s1. The Morgan fingerprint density at radius 1 is 1.55 bits per heavy atom. The lowest BCUT2D eigenvalue weighted by molar-refractivity contribution is 0.143. The molecule has 3 rings (SSSR count). The van der Waals surface area contributed by atoms with Crippen molar-refractivity contribution in [3.8, 4) is 5.75 Å². The molecule has 0 bridgehead atoms. The van der Waals surface area contributed by atoms with Crippen LogP contribution in [0.3, 0.4) is 0 Å². The third-order valence-electron chi connectivity index (χ3n) is 3.62. The van der Waals surface area contributed by atoms with E-state index in [4.69, 9.17) is 21.7 Å². The molecule has 2 N–H and O–H groups in total. The molecular formula is C15H19N3O3S. The Hall–Kier alpha value is -2.02. The third kappa shape index (κ3) is 3.09. The van der Waals surface area contributed by atoms with Gasteiger partial charge >= 0.3 is 6.09 Å². The molecule has 118 valence electrons. The molecule has 0 spiro atoms. The summed E-state index contributed by atoms with van der Waals surface area (Å²) >= 11 is 4.97. The molecule has 0 radical (unpaired) electrons. The van der Waals surface area contributed by atoms with E-state index in [0.717, 1.165) is 17.1 Å². The zero-order valence-electron chi connectivity index (χ0n) is 12.6. The minimum absolute atomic E-state index is 0.208. The molecule has 1 saturated heterocycles.